The predicted octanol–water partition coefficient (Wildman–Crippen LogP) is 1.12. The third-order valence-corrected chi connectivity index (χ3v) is 9.65. The van der Waals surface area contributed by atoms with E-state index in [9.17, 15) is 28.8 Å². The normalized spacial score (nSPS) is 23.2. The number of amides is 6. The Morgan fingerprint density at radius 1 is 0.704 bits per heavy atom. The van der Waals surface area contributed by atoms with Crippen LogP contribution in [0.3, 0.4) is 0 Å². The molecular weight excluding hydrogens is 696 g/mol. The van der Waals surface area contributed by atoms with Crippen LogP contribution < -0.4 is 35.5 Å². The first-order valence-electron chi connectivity index (χ1n) is 17.6. The number of nitrogens with zero attached hydrogens (tertiary/aromatic N) is 2. The van der Waals surface area contributed by atoms with E-state index in [4.69, 9.17) is 14.2 Å². The maximum Gasteiger partial charge on any atom is 0.245 e. The molecule has 4 N–H and O–H groups in total. The van der Waals surface area contributed by atoms with Crippen molar-refractivity contribution in [2.45, 2.75) is 63.3 Å². The number of carbonyl (C=O) groups is 6. The molecule has 3 aliphatic heterocycles. The zero-order valence-corrected chi connectivity index (χ0v) is 31.1. The van der Waals surface area contributed by atoms with Crippen molar-refractivity contribution < 1.29 is 43.0 Å². The van der Waals surface area contributed by atoms with Gasteiger partial charge < -0.3 is 45.3 Å². The fourth-order valence-electron chi connectivity index (χ4n) is 6.30. The Kier molecular flexibility index (Phi) is 12.4. The summed E-state index contributed by atoms with van der Waals surface area (Å²) >= 11 is 0. The molecule has 6 amide bonds. The van der Waals surface area contributed by atoms with Gasteiger partial charge in [0.2, 0.25) is 35.4 Å². The Morgan fingerprint density at radius 3 is 2.04 bits per heavy atom. The van der Waals surface area contributed by atoms with Gasteiger partial charge >= 0.3 is 0 Å². The lowest BCUT2D eigenvalue weighted by Crippen LogP contribution is -2.60. The van der Waals surface area contributed by atoms with Crippen LogP contribution in [-0.2, 0) is 48.0 Å². The number of hydrogen-bond donors (Lipinski definition) is 4. The zero-order valence-electron chi connectivity index (χ0n) is 31.1. The second kappa shape index (κ2) is 17.1. The van der Waals surface area contributed by atoms with Crippen molar-refractivity contribution in [2.24, 2.45) is 0 Å². The highest BCUT2D eigenvalue weighted by Gasteiger charge is 2.35. The Labute approximate surface area is 313 Å². The molecule has 5 unspecified atom stereocenters. The number of hydrogen-bond acceptors (Lipinski definition) is 9. The molecule has 0 saturated carbocycles. The molecule has 54 heavy (non-hydrogen) atoms. The van der Waals surface area contributed by atoms with Crippen LogP contribution in [0.15, 0.2) is 66.7 Å². The highest BCUT2D eigenvalue weighted by molar-refractivity contribution is 5.97. The third kappa shape index (κ3) is 9.26. The molecule has 0 radical (unpaired) electrons. The van der Waals surface area contributed by atoms with Crippen LogP contribution in [0.2, 0.25) is 0 Å². The van der Waals surface area contributed by atoms with Gasteiger partial charge in [-0.15, -0.1) is 0 Å². The van der Waals surface area contributed by atoms with Gasteiger partial charge in [0.15, 0.2) is 11.5 Å². The van der Waals surface area contributed by atoms with E-state index in [-0.39, 0.29) is 19.3 Å². The molecular formula is C39H46N6O9. The fraction of sp³-hybridized carbons (Fsp3) is 0.385. The molecule has 15 nitrogen and oxygen atoms in total. The molecule has 0 aromatic heterocycles. The van der Waals surface area contributed by atoms with Crippen molar-refractivity contribution in [1.82, 2.24) is 31.1 Å². The summed E-state index contributed by atoms with van der Waals surface area (Å²) in [6.07, 6.45) is 0.121. The van der Waals surface area contributed by atoms with Crippen LogP contribution in [0.5, 0.6) is 23.0 Å². The molecule has 3 aromatic carbocycles. The molecule has 1 saturated heterocycles. The monoisotopic (exact) mass is 742 g/mol. The van der Waals surface area contributed by atoms with Crippen LogP contribution in [0.1, 0.15) is 30.5 Å². The molecule has 6 bridgehead atoms. The maximum absolute atomic E-state index is 14.2. The predicted molar refractivity (Wildman–Crippen MR) is 197 cm³/mol. The van der Waals surface area contributed by atoms with E-state index in [2.05, 4.69) is 21.3 Å². The summed E-state index contributed by atoms with van der Waals surface area (Å²) in [4.78, 5) is 85.1. The van der Waals surface area contributed by atoms with E-state index in [1.807, 2.05) is 0 Å². The first-order valence-corrected chi connectivity index (χ1v) is 17.6. The highest BCUT2D eigenvalue weighted by Crippen LogP contribution is 2.33. The van der Waals surface area contributed by atoms with E-state index in [0.29, 0.717) is 39.7 Å². The van der Waals surface area contributed by atoms with Crippen LogP contribution in [0, 0.1) is 0 Å². The number of benzene rings is 3. The molecule has 5 atom stereocenters. The average Bonchev–Trinajstić information content (AvgIpc) is 3.17. The second-order valence-electron chi connectivity index (χ2n) is 13.4. The summed E-state index contributed by atoms with van der Waals surface area (Å²) in [6, 6.07) is 13.4. The van der Waals surface area contributed by atoms with Crippen molar-refractivity contribution in [3.8, 4) is 23.0 Å². The lowest BCUT2D eigenvalue weighted by Gasteiger charge is -2.32. The van der Waals surface area contributed by atoms with Crippen molar-refractivity contribution in [3.05, 3.63) is 83.4 Å². The lowest BCUT2D eigenvalue weighted by atomic mass is 10.0. The molecule has 15 heteroatoms. The van der Waals surface area contributed by atoms with Gasteiger partial charge in [0.05, 0.1) is 20.8 Å². The minimum Gasteiger partial charge on any atom is -0.497 e. The van der Waals surface area contributed by atoms with Crippen molar-refractivity contribution >= 4 is 35.4 Å². The van der Waals surface area contributed by atoms with Crippen LogP contribution >= 0.6 is 0 Å². The molecule has 1 fully saturated rings. The molecule has 3 heterocycles. The largest absolute Gasteiger partial charge is 0.497 e. The van der Waals surface area contributed by atoms with Gasteiger partial charge in [-0.2, -0.15) is 0 Å². The lowest BCUT2D eigenvalue weighted by molar-refractivity contribution is -0.143. The first-order chi connectivity index (χ1) is 25.8. The fourth-order valence-corrected chi connectivity index (χ4v) is 6.30. The number of likely N-dealkylation sites (N-methyl/N-ethyl adjacent to an activating group) is 2. The van der Waals surface area contributed by atoms with E-state index in [1.165, 1.54) is 52.0 Å². The number of methoxy groups -OCH3 is 2. The molecule has 0 spiro atoms. The van der Waals surface area contributed by atoms with Crippen LogP contribution in [0.4, 0.5) is 0 Å². The third-order valence-electron chi connectivity index (χ3n) is 9.65. The SMILES string of the molecule is COc1ccc(CC2C(=O)NCC(=O)N(C)C3Cc4ccc(cc4)Oc4cc(ccc4OC)CC(NC3=O)C(=O)NC(C)C(=O)NC(C)C(=O)N2C)cc1. The molecule has 3 aliphatic rings. The zero-order chi connectivity index (χ0) is 39.1. The average molecular weight is 743 g/mol. The minimum absolute atomic E-state index is 0.0143. The van der Waals surface area contributed by atoms with E-state index < -0.39 is 72.2 Å². The molecule has 3 aromatic rings. The summed E-state index contributed by atoms with van der Waals surface area (Å²) in [5.74, 6) is -1.79. The van der Waals surface area contributed by atoms with E-state index in [1.54, 1.807) is 66.7 Å². The summed E-state index contributed by atoms with van der Waals surface area (Å²) in [7, 11) is 5.92. The molecule has 0 aliphatic carbocycles. The highest BCUT2D eigenvalue weighted by atomic mass is 16.5. The van der Waals surface area contributed by atoms with Crippen LogP contribution in [-0.4, -0.2) is 110 Å². The Morgan fingerprint density at radius 2 is 1.37 bits per heavy atom. The van der Waals surface area contributed by atoms with Gasteiger partial charge in [0.25, 0.3) is 0 Å². The van der Waals surface area contributed by atoms with Gasteiger partial charge in [0.1, 0.15) is 41.7 Å². The number of nitrogens with one attached hydrogen (secondary N) is 4. The first kappa shape index (κ1) is 39.1. The number of ether oxygens (including phenoxy) is 3. The maximum atomic E-state index is 14.2. The Balaban J connectivity index is 1.52. The Bertz CT molecular complexity index is 1880. The standard InChI is InChI=1S/C39H46N6O9/c1-22-35(47)42-23(2)39(51)45(4)30(18-24-7-12-27(52-5)13-8-24)37(49)40-21-34(46)44(3)31-19-25-9-14-28(15-10-25)54-33-20-26(11-16-32(33)53-6)17-29(36(48)41-22)43-38(31)50/h7-16,20,22-23,29-31H,17-19,21H2,1-6H3,(H,40,49)(H,41,48)(H,42,47)(H,43,50). The molecule has 6 rings (SSSR count). The van der Waals surface area contributed by atoms with E-state index in [0.717, 1.165) is 0 Å². The molecule has 286 valence electrons. The summed E-state index contributed by atoms with van der Waals surface area (Å²) in [5, 5.41) is 10.7. The van der Waals surface area contributed by atoms with Crippen molar-refractivity contribution in [3.63, 3.8) is 0 Å². The van der Waals surface area contributed by atoms with Crippen molar-refractivity contribution in [2.75, 3.05) is 34.9 Å². The summed E-state index contributed by atoms with van der Waals surface area (Å²) in [6.45, 7) is 2.43. The number of carbonyl (C=O) groups excluding carboxylic acids is 6. The Hall–Kier alpha value is -6.12. The summed E-state index contributed by atoms with van der Waals surface area (Å²) < 4.78 is 16.9. The quantitative estimate of drug-likeness (QED) is 0.304. The summed E-state index contributed by atoms with van der Waals surface area (Å²) in [5.41, 5.74) is 2.00. The second-order valence-corrected chi connectivity index (χ2v) is 13.4. The minimum atomic E-state index is -1.20. The van der Waals surface area contributed by atoms with Gasteiger partial charge in [-0.3, -0.25) is 28.8 Å². The van der Waals surface area contributed by atoms with Gasteiger partial charge in [-0.1, -0.05) is 30.3 Å². The van der Waals surface area contributed by atoms with Gasteiger partial charge in [-0.05, 0) is 66.9 Å². The van der Waals surface area contributed by atoms with Crippen molar-refractivity contribution in [1.29, 1.82) is 0 Å². The van der Waals surface area contributed by atoms with Gasteiger partial charge in [0, 0.05) is 33.4 Å². The van der Waals surface area contributed by atoms with Gasteiger partial charge in [-0.25, -0.2) is 0 Å². The number of fused-ring (bicyclic) bond motifs is 2. The number of rotatable bonds is 4. The van der Waals surface area contributed by atoms with Crippen LogP contribution in [0.25, 0.3) is 0 Å². The smallest absolute Gasteiger partial charge is 0.245 e. The van der Waals surface area contributed by atoms with E-state index >= 15 is 0 Å². The topological polar surface area (TPSA) is 185 Å².